The van der Waals surface area contributed by atoms with Crippen LogP contribution in [0.5, 0.6) is 0 Å². The zero-order valence-electron chi connectivity index (χ0n) is 12.2. The first-order chi connectivity index (χ1) is 10.5. The van der Waals surface area contributed by atoms with E-state index < -0.39 is 0 Å². The van der Waals surface area contributed by atoms with Crippen LogP contribution in [-0.4, -0.2) is 25.4 Å². The molecule has 0 saturated carbocycles. The maximum Gasteiger partial charge on any atom is 0.271 e. The molecule has 7 heteroatoms. The SMILES string of the molecule is Cc1cnc(C(=O)NCc2nc3cc(F)ccc3n2C)cn1. The Morgan fingerprint density at radius 2 is 2.14 bits per heavy atom. The second-order valence-corrected chi connectivity index (χ2v) is 4.95. The first-order valence-corrected chi connectivity index (χ1v) is 6.72. The maximum absolute atomic E-state index is 13.2. The summed E-state index contributed by atoms with van der Waals surface area (Å²) in [6.45, 7) is 2.02. The van der Waals surface area contributed by atoms with E-state index in [4.69, 9.17) is 0 Å². The number of amides is 1. The number of imidazole rings is 1. The van der Waals surface area contributed by atoms with Crippen LogP contribution in [0.15, 0.2) is 30.6 Å². The highest BCUT2D eigenvalue weighted by atomic mass is 19.1. The van der Waals surface area contributed by atoms with Gasteiger partial charge < -0.3 is 9.88 Å². The molecule has 1 aromatic carbocycles. The van der Waals surface area contributed by atoms with Crippen LogP contribution >= 0.6 is 0 Å². The molecule has 0 bridgehead atoms. The highest BCUT2D eigenvalue weighted by Gasteiger charge is 2.11. The zero-order valence-corrected chi connectivity index (χ0v) is 12.2. The molecule has 0 radical (unpaired) electrons. The molecule has 0 fully saturated rings. The molecule has 0 unspecified atom stereocenters. The summed E-state index contributed by atoms with van der Waals surface area (Å²) >= 11 is 0. The number of nitrogens with one attached hydrogen (secondary N) is 1. The van der Waals surface area contributed by atoms with Crippen LogP contribution in [0.4, 0.5) is 4.39 Å². The zero-order chi connectivity index (χ0) is 15.7. The Labute approximate surface area is 126 Å². The van der Waals surface area contributed by atoms with Crippen molar-refractivity contribution in [3.8, 4) is 0 Å². The second-order valence-electron chi connectivity index (χ2n) is 4.95. The number of hydrogen-bond acceptors (Lipinski definition) is 4. The van der Waals surface area contributed by atoms with Crippen molar-refractivity contribution in [1.29, 1.82) is 0 Å². The molecular weight excluding hydrogens is 285 g/mol. The average Bonchev–Trinajstić information content (AvgIpc) is 2.81. The molecule has 112 valence electrons. The van der Waals surface area contributed by atoms with Gasteiger partial charge in [-0.3, -0.25) is 9.78 Å². The quantitative estimate of drug-likeness (QED) is 0.799. The number of hydrogen-bond donors (Lipinski definition) is 1. The molecule has 0 aliphatic rings. The number of fused-ring (bicyclic) bond motifs is 1. The van der Waals surface area contributed by atoms with E-state index >= 15 is 0 Å². The van der Waals surface area contributed by atoms with Crippen molar-refractivity contribution in [2.45, 2.75) is 13.5 Å². The smallest absolute Gasteiger partial charge is 0.271 e. The fraction of sp³-hybridized carbons (Fsp3) is 0.200. The predicted octanol–water partition coefficient (Wildman–Crippen LogP) is 1.74. The summed E-state index contributed by atoms with van der Waals surface area (Å²) in [7, 11) is 1.82. The molecule has 6 nitrogen and oxygen atoms in total. The number of halogens is 1. The van der Waals surface area contributed by atoms with E-state index in [1.807, 2.05) is 11.6 Å². The lowest BCUT2D eigenvalue weighted by Crippen LogP contribution is -2.25. The minimum Gasteiger partial charge on any atom is -0.343 e. The Hall–Kier alpha value is -2.83. The summed E-state index contributed by atoms with van der Waals surface area (Å²) in [5, 5.41) is 2.73. The molecule has 2 heterocycles. The van der Waals surface area contributed by atoms with E-state index in [9.17, 15) is 9.18 Å². The first-order valence-electron chi connectivity index (χ1n) is 6.72. The Bertz CT molecular complexity index is 841. The van der Waals surface area contributed by atoms with Crippen molar-refractivity contribution in [1.82, 2.24) is 24.8 Å². The number of rotatable bonds is 3. The lowest BCUT2D eigenvalue weighted by atomic mass is 10.3. The van der Waals surface area contributed by atoms with E-state index in [1.54, 1.807) is 13.0 Å². The molecule has 0 aliphatic heterocycles. The molecule has 22 heavy (non-hydrogen) atoms. The van der Waals surface area contributed by atoms with E-state index in [1.165, 1.54) is 24.5 Å². The van der Waals surface area contributed by atoms with Crippen LogP contribution in [0.1, 0.15) is 22.0 Å². The van der Waals surface area contributed by atoms with Crippen LogP contribution in [-0.2, 0) is 13.6 Å². The van der Waals surface area contributed by atoms with Gasteiger partial charge in [-0.15, -0.1) is 0 Å². The number of carbonyl (C=O) groups excluding carboxylic acids is 1. The van der Waals surface area contributed by atoms with Gasteiger partial charge in [0.15, 0.2) is 0 Å². The van der Waals surface area contributed by atoms with Crippen LogP contribution in [0.2, 0.25) is 0 Å². The fourth-order valence-electron chi connectivity index (χ4n) is 2.14. The third-order valence-corrected chi connectivity index (χ3v) is 3.36. The van der Waals surface area contributed by atoms with Crippen molar-refractivity contribution in [3.63, 3.8) is 0 Å². The van der Waals surface area contributed by atoms with Gasteiger partial charge in [0.1, 0.15) is 17.3 Å². The molecule has 2 aromatic heterocycles. The molecule has 0 saturated heterocycles. The van der Waals surface area contributed by atoms with Crippen molar-refractivity contribution < 1.29 is 9.18 Å². The first kappa shape index (κ1) is 14.1. The summed E-state index contributed by atoms with van der Waals surface area (Å²) < 4.78 is 15.0. The maximum atomic E-state index is 13.2. The van der Waals surface area contributed by atoms with Crippen LogP contribution in [0, 0.1) is 12.7 Å². The molecule has 0 atom stereocenters. The lowest BCUT2D eigenvalue weighted by Gasteiger charge is -2.05. The van der Waals surface area contributed by atoms with Gasteiger partial charge in [0.05, 0.1) is 29.5 Å². The van der Waals surface area contributed by atoms with Crippen molar-refractivity contribution in [2.24, 2.45) is 7.05 Å². The fourth-order valence-corrected chi connectivity index (χ4v) is 2.14. The van der Waals surface area contributed by atoms with Gasteiger partial charge in [-0.05, 0) is 19.1 Å². The Kier molecular flexibility index (Phi) is 3.54. The van der Waals surface area contributed by atoms with Crippen molar-refractivity contribution in [2.75, 3.05) is 0 Å². The van der Waals surface area contributed by atoms with Crippen LogP contribution in [0.3, 0.4) is 0 Å². The monoisotopic (exact) mass is 299 g/mol. The summed E-state index contributed by atoms with van der Waals surface area (Å²) in [6, 6.07) is 4.41. The average molecular weight is 299 g/mol. The van der Waals surface area contributed by atoms with E-state index in [0.29, 0.717) is 11.3 Å². The van der Waals surface area contributed by atoms with Crippen LogP contribution < -0.4 is 5.32 Å². The Balaban J connectivity index is 1.77. The van der Waals surface area contributed by atoms with E-state index in [2.05, 4.69) is 20.3 Å². The molecule has 0 spiro atoms. The molecule has 0 aliphatic carbocycles. The minimum atomic E-state index is -0.337. The summed E-state index contributed by atoms with van der Waals surface area (Å²) in [5.74, 6) is -0.0316. The highest BCUT2D eigenvalue weighted by Crippen LogP contribution is 2.16. The number of carbonyl (C=O) groups is 1. The van der Waals surface area contributed by atoms with E-state index in [-0.39, 0.29) is 24.0 Å². The summed E-state index contributed by atoms with van der Waals surface area (Å²) in [4.78, 5) is 24.4. The number of aromatic nitrogens is 4. The molecule has 1 amide bonds. The third-order valence-electron chi connectivity index (χ3n) is 3.36. The van der Waals surface area contributed by atoms with Crippen molar-refractivity contribution in [3.05, 3.63) is 53.6 Å². The Morgan fingerprint density at radius 3 is 2.86 bits per heavy atom. The van der Waals surface area contributed by atoms with Crippen LogP contribution in [0.25, 0.3) is 11.0 Å². The summed E-state index contributed by atoms with van der Waals surface area (Å²) in [5.41, 5.74) is 2.35. The summed E-state index contributed by atoms with van der Waals surface area (Å²) in [6.07, 6.45) is 2.96. The standard InChI is InChI=1S/C15H14FN5O/c1-9-6-18-12(7-17-9)15(22)19-8-14-20-11-5-10(16)3-4-13(11)21(14)2/h3-7H,8H2,1-2H3,(H,19,22). The largest absolute Gasteiger partial charge is 0.343 e. The molecule has 3 aromatic rings. The lowest BCUT2D eigenvalue weighted by molar-refractivity contribution is 0.0944. The molecule has 3 rings (SSSR count). The third kappa shape index (κ3) is 2.65. The number of benzene rings is 1. The topological polar surface area (TPSA) is 72.7 Å². The van der Waals surface area contributed by atoms with Crippen molar-refractivity contribution >= 4 is 16.9 Å². The highest BCUT2D eigenvalue weighted by molar-refractivity contribution is 5.91. The van der Waals surface area contributed by atoms with E-state index in [0.717, 1.165) is 11.2 Å². The molecule has 1 N–H and O–H groups in total. The normalized spacial score (nSPS) is 10.9. The Morgan fingerprint density at radius 1 is 1.32 bits per heavy atom. The number of aryl methyl sites for hydroxylation is 2. The molecular formula is C15H14FN5O. The van der Waals surface area contributed by atoms with Gasteiger partial charge in [-0.2, -0.15) is 0 Å². The van der Waals surface area contributed by atoms with Gasteiger partial charge in [0.2, 0.25) is 0 Å². The van der Waals surface area contributed by atoms with Gasteiger partial charge >= 0.3 is 0 Å². The minimum absolute atomic E-state index is 0.223. The van der Waals surface area contributed by atoms with Gasteiger partial charge in [-0.25, -0.2) is 14.4 Å². The van der Waals surface area contributed by atoms with Gasteiger partial charge in [0.25, 0.3) is 5.91 Å². The predicted molar refractivity (Wildman–Crippen MR) is 78.6 cm³/mol. The van der Waals surface area contributed by atoms with Gasteiger partial charge in [0, 0.05) is 19.3 Å². The number of nitrogens with zero attached hydrogens (tertiary/aromatic N) is 4. The van der Waals surface area contributed by atoms with Gasteiger partial charge in [-0.1, -0.05) is 0 Å². The second kappa shape index (κ2) is 5.51.